The first-order chi connectivity index (χ1) is 7.76. The molecular weight excluding hydrogens is 471 g/mol. The molecule has 16 heavy (non-hydrogen) atoms. The van der Waals surface area contributed by atoms with Gasteiger partial charge in [-0.3, -0.25) is 4.79 Å². The summed E-state index contributed by atoms with van der Waals surface area (Å²) in [6.45, 7) is 4.00. The molecule has 1 rings (SSSR count). The topological polar surface area (TPSA) is 49.7 Å². The van der Waals surface area contributed by atoms with Crippen molar-refractivity contribution < 1.29 is 19.5 Å². The molecule has 95 valence electrons. The molecule has 0 amide bonds. The van der Waals surface area contributed by atoms with Gasteiger partial charge in [0, 0.05) is 5.92 Å². The first-order valence-electron chi connectivity index (χ1n) is 5.39. The molecule has 0 aromatic rings. The number of oxime groups is 1. The summed E-state index contributed by atoms with van der Waals surface area (Å²) in [4.78, 5) is 11.1. The van der Waals surface area contributed by atoms with Crippen molar-refractivity contribution in [1.29, 1.82) is 0 Å². The van der Waals surface area contributed by atoms with Crippen LogP contribution < -0.4 is 0 Å². The summed E-state index contributed by atoms with van der Waals surface area (Å²) in [5.41, 5.74) is 0. The Bertz CT molecular complexity index is 186. The van der Waals surface area contributed by atoms with E-state index >= 15 is 0 Å². The van der Waals surface area contributed by atoms with Crippen molar-refractivity contribution in [1.82, 2.24) is 0 Å². The molecule has 1 N–H and O–H groups in total. The Hall–Kier alpha value is 1.18. The second-order valence-electron chi connectivity index (χ2n) is 3.05. The number of carbonyl (C=O) groups excluding carboxylic acids is 1. The van der Waals surface area contributed by atoms with Gasteiger partial charge in [0.05, 0.1) is 0 Å². The molecule has 0 aromatic carbocycles. The molecule has 0 aliphatic heterocycles. The Morgan fingerprint density at radius 2 is 1.75 bits per heavy atom. The SMILES string of the molecule is CC.O=C(C=NO)C1CCCCC1.[I][V][I]. The van der Waals surface area contributed by atoms with Crippen molar-refractivity contribution in [2.75, 3.05) is 0 Å². The number of rotatable bonds is 2. The van der Waals surface area contributed by atoms with Gasteiger partial charge in [0.2, 0.25) is 0 Å². The van der Waals surface area contributed by atoms with Crippen molar-refractivity contribution in [2.24, 2.45) is 11.1 Å². The molecule has 0 bridgehead atoms. The van der Waals surface area contributed by atoms with Gasteiger partial charge in [-0.15, -0.1) is 0 Å². The third-order valence-corrected chi connectivity index (χ3v) is 2.19. The third-order valence-electron chi connectivity index (χ3n) is 2.19. The molecule has 6 heteroatoms. The fourth-order valence-electron chi connectivity index (χ4n) is 1.55. The van der Waals surface area contributed by atoms with E-state index < -0.39 is 0 Å². The molecule has 0 radical (unpaired) electrons. The number of halogens is 2. The summed E-state index contributed by atoms with van der Waals surface area (Å²) in [6.07, 6.45) is 6.46. The number of ketones is 1. The van der Waals surface area contributed by atoms with Crippen molar-refractivity contribution in [3.8, 4) is 0 Å². The summed E-state index contributed by atoms with van der Waals surface area (Å²) < 4.78 is 0. The molecule has 1 fully saturated rings. The van der Waals surface area contributed by atoms with Crippen LogP contribution in [0.5, 0.6) is 0 Å². The number of Topliss-reactive ketones (excluding diaryl/α,β-unsaturated/α-hetero) is 1. The van der Waals surface area contributed by atoms with Gasteiger partial charge in [-0.05, 0) is 12.8 Å². The Balaban J connectivity index is 0. The standard InChI is InChI=1S/C8H13NO2.C2H6.2HI.V/c10-8(6-9-11)7-4-2-1-3-5-7;1-2;;;/h6-7,11H,1-5H2;1-2H3;2*1H;/q;;;;+2/p-2. The van der Waals surface area contributed by atoms with Crippen LogP contribution in [0.2, 0.25) is 0 Å². The van der Waals surface area contributed by atoms with Crippen molar-refractivity contribution in [2.45, 2.75) is 46.0 Å². The van der Waals surface area contributed by atoms with E-state index in [-0.39, 0.29) is 11.7 Å². The molecule has 1 aliphatic carbocycles. The zero-order valence-electron chi connectivity index (χ0n) is 9.70. The van der Waals surface area contributed by atoms with Gasteiger partial charge in [-0.2, -0.15) is 0 Å². The zero-order valence-corrected chi connectivity index (χ0v) is 15.4. The average molecular weight is 490 g/mol. The molecule has 3 nitrogen and oxygen atoms in total. The quantitative estimate of drug-likeness (QED) is 0.271. The van der Waals surface area contributed by atoms with Gasteiger partial charge in [0.15, 0.2) is 5.78 Å². The number of nitrogens with zero attached hydrogens (tertiary/aromatic N) is 1. The predicted octanol–water partition coefficient (Wildman–Crippen LogP) is 4.39. The van der Waals surface area contributed by atoms with Crippen molar-refractivity contribution in [3.63, 3.8) is 0 Å². The van der Waals surface area contributed by atoms with Gasteiger partial charge < -0.3 is 5.21 Å². The summed E-state index contributed by atoms with van der Waals surface area (Å²) >= 11 is 4.74. The predicted molar refractivity (Wildman–Crippen MR) is 81.2 cm³/mol. The van der Waals surface area contributed by atoms with Gasteiger partial charge in [-0.25, -0.2) is 0 Å². The van der Waals surface area contributed by atoms with Crippen LogP contribution in [0, 0.1) is 5.92 Å². The minimum absolute atomic E-state index is 0.0211. The second kappa shape index (κ2) is 16.2. The van der Waals surface area contributed by atoms with E-state index in [2.05, 4.69) is 45.1 Å². The molecular formula is C10H19I2NO2V. The van der Waals surface area contributed by atoms with Gasteiger partial charge in [0.1, 0.15) is 6.21 Å². The summed E-state index contributed by atoms with van der Waals surface area (Å²) in [7, 11) is 0.628. The first kappa shape index (κ1) is 19.5. The summed E-state index contributed by atoms with van der Waals surface area (Å²) in [6, 6.07) is 0. The molecule has 1 saturated carbocycles. The molecule has 0 heterocycles. The number of hydrogen-bond acceptors (Lipinski definition) is 3. The van der Waals surface area contributed by atoms with E-state index in [0.29, 0.717) is 9.47 Å². The van der Waals surface area contributed by atoms with Crippen molar-refractivity contribution in [3.05, 3.63) is 0 Å². The molecule has 0 saturated heterocycles. The Kier molecular flexibility index (Phi) is 19.7. The monoisotopic (exact) mass is 490 g/mol. The second-order valence-corrected chi connectivity index (χ2v) is 14.8. The van der Waals surface area contributed by atoms with Crippen LogP contribution in [-0.4, -0.2) is 17.2 Å². The van der Waals surface area contributed by atoms with E-state index in [0.717, 1.165) is 31.9 Å². The van der Waals surface area contributed by atoms with E-state index in [9.17, 15) is 4.79 Å². The van der Waals surface area contributed by atoms with Crippen LogP contribution >= 0.6 is 40.0 Å². The van der Waals surface area contributed by atoms with E-state index in [1.54, 1.807) is 0 Å². The Morgan fingerprint density at radius 1 is 1.31 bits per heavy atom. The molecule has 1 aliphatic rings. The van der Waals surface area contributed by atoms with E-state index in [1.165, 1.54) is 6.42 Å². The zero-order chi connectivity index (χ0) is 12.8. The van der Waals surface area contributed by atoms with Crippen LogP contribution in [0.4, 0.5) is 0 Å². The van der Waals surface area contributed by atoms with Crippen LogP contribution in [0.15, 0.2) is 5.16 Å². The fourth-order valence-corrected chi connectivity index (χ4v) is 1.55. The van der Waals surface area contributed by atoms with E-state index in [1.807, 2.05) is 13.8 Å². The van der Waals surface area contributed by atoms with Gasteiger partial charge in [0.25, 0.3) is 0 Å². The van der Waals surface area contributed by atoms with Crippen molar-refractivity contribution >= 4 is 52.0 Å². The van der Waals surface area contributed by atoms with Crippen LogP contribution in [0.25, 0.3) is 0 Å². The molecule has 0 aromatic heterocycles. The summed E-state index contributed by atoms with van der Waals surface area (Å²) in [5.74, 6) is 0.104. The average Bonchev–Trinajstić information content (AvgIpc) is 2.34. The maximum atomic E-state index is 11.1. The number of hydrogen-bond donors (Lipinski definition) is 1. The fraction of sp³-hybridized carbons (Fsp3) is 0.800. The van der Waals surface area contributed by atoms with Gasteiger partial charge >= 0.3 is 49.4 Å². The Morgan fingerprint density at radius 3 is 2.12 bits per heavy atom. The minimum atomic E-state index is -0.0211. The van der Waals surface area contributed by atoms with E-state index in [4.69, 9.17) is 5.21 Å². The van der Waals surface area contributed by atoms with Crippen LogP contribution in [-0.2, 0) is 14.3 Å². The normalized spacial score (nSPS) is 15.5. The molecule has 0 spiro atoms. The van der Waals surface area contributed by atoms with Crippen LogP contribution in [0.1, 0.15) is 46.0 Å². The molecule has 0 atom stereocenters. The first-order valence-corrected chi connectivity index (χ1v) is 14.4. The van der Waals surface area contributed by atoms with Gasteiger partial charge in [-0.1, -0.05) is 38.3 Å². The molecule has 0 unspecified atom stereocenters. The van der Waals surface area contributed by atoms with Crippen LogP contribution in [0.3, 0.4) is 0 Å². The Labute approximate surface area is 127 Å². The third kappa shape index (κ3) is 11.7. The number of carbonyl (C=O) groups is 1. The maximum absolute atomic E-state index is 11.1. The summed E-state index contributed by atoms with van der Waals surface area (Å²) in [5, 5.41) is 10.9.